The fourth-order valence-corrected chi connectivity index (χ4v) is 1.60. The van der Waals surface area contributed by atoms with Crippen molar-refractivity contribution in [2.75, 3.05) is 0 Å². The van der Waals surface area contributed by atoms with Crippen molar-refractivity contribution in [2.45, 2.75) is 39.3 Å². The predicted octanol–water partition coefficient (Wildman–Crippen LogP) is 0.426. The Morgan fingerprint density at radius 3 is 2.50 bits per heavy atom. The second-order valence-corrected chi connectivity index (χ2v) is 5.96. The number of nitrogens with one attached hydrogen (secondary N) is 1. The van der Waals surface area contributed by atoms with Gasteiger partial charge in [-0.25, -0.2) is 4.79 Å². The Morgan fingerprint density at radius 2 is 2.10 bits per heavy atom. The highest BCUT2D eigenvalue weighted by Gasteiger charge is 2.27. The van der Waals surface area contributed by atoms with Crippen LogP contribution in [-0.4, -0.2) is 32.8 Å². The summed E-state index contributed by atoms with van der Waals surface area (Å²) in [6.45, 7) is 5.79. The molecule has 0 saturated heterocycles. The standard InChI is InChI=1S/C13H22N4O3/c1-13(2,3)9(14)5-10(18)16-11(12(19)20)8-6-15-17(4)7-8/h6-7,9,11H,5,14H2,1-4H3,(H,16,18)(H,19,20). The van der Waals surface area contributed by atoms with Gasteiger partial charge in [0.25, 0.3) is 0 Å². The van der Waals surface area contributed by atoms with Gasteiger partial charge in [-0.1, -0.05) is 20.8 Å². The number of nitrogens with zero attached hydrogens (tertiary/aromatic N) is 2. The molecule has 0 aliphatic heterocycles. The molecule has 1 aromatic rings. The molecule has 2 atom stereocenters. The van der Waals surface area contributed by atoms with E-state index in [9.17, 15) is 14.7 Å². The first-order valence-electron chi connectivity index (χ1n) is 6.37. The van der Waals surface area contributed by atoms with Crippen LogP contribution in [0.3, 0.4) is 0 Å². The molecule has 7 heteroatoms. The molecule has 0 spiro atoms. The van der Waals surface area contributed by atoms with Crippen molar-refractivity contribution in [1.29, 1.82) is 0 Å². The quantitative estimate of drug-likeness (QED) is 0.725. The molecule has 1 aromatic heterocycles. The number of carboxylic acid groups (broad SMARTS) is 1. The minimum Gasteiger partial charge on any atom is -0.479 e. The van der Waals surface area contributed by atoms with E-state index in [4.69, 9.17) is 5.73 Å². The van der Waals surface area contributed by atoms with Crippen LogP contribution in [0.5, 0.6) is 0 Å². The average Bonchev–Trinajstić information content (AvgIpc) is 2.70. The number of carboxylic acids is 1. The Kier molecular flexibility index (Phi) is 4.88. The summed E-state index contributed by atoms with van der Waals surface area (Å²) in [4.78, 5) is 23.2. The average molecular weight is 282 g/mol. The van der Waals surface area contributed by atoms with Crippen LogP contribution in [0.1, 0.15) is 38.8 Å². The molecule has 1 rings (SSSR count). The molecular formula is C13H22N4O3. The molecular weight excluding hydrogens is 260 g/mol. The largest absolute Gasteiger partial charge is 0.479 e. The van der Waals surface area contributed by atoms with Gasteiger partial charge in [0.05, 0.1) is 6.20 Å². The number of hydrogen-bond acceptors (Lipinski definition) is 4. The number of aliphatic carboxylic acids is 1. The van der Waals surface area contributed by atoms with Crippen LogP contribution in [0.15, 0.2) is 12.4 Å². The van der Waals surface area contributed by atoms with E-state index in [0.29, 0.717) is 5.56 Å². The molecule has 1 heterocycles. The van der Waals surface area contributed by atoms with Crippen LogP contribution < -0.4 is 11.1 Å². The van der Waals surface area contributed by atoms with Crippen molar-refractivity contribution >= 4 is 11.9 Å². The lowest BCUT2D eigenvalue weighted by atomic mass is 9.85. The van der Waals surface area contributed by atoms with Crippen molar-refractivity contribution in [2.24, 2.45) is 18.2 Å². The zero-order valence-corrected chi connectivity index (χ0v) is 12.3. The number of hydrogen-bond donors (Lipinski definition) is 3. The number of rotatable bonds is 5. The Hall–Kier alpha value is -1.89. The molecule has 0 aromatic carbocycles. The van der Waals surface area contributed by atoms with Gasteiger partial charge in [0.2, 0.25) is 5.91 Å². The number of amides is 1. The molecule has 4 N–H and O–H groups in total. The van der Waals surface area contributed by atoms with Gasteiger partial charge < -0.3 is 16.2 Å². The Bertz CT molecular complexity index is 490. The molecule has 0 bridgehead atoms. The number of aryl methyl sites for hydroxylation is 1. The highest BCUT2D eigenvalue weighted by atomic mass is 16.4. The van der Waals surface area contributed by atoms with E-state index in [-0.39, 0.29) is 23.8 Å². The van der Waals surface area contributed by atoms with Crippen molar-refractivity contribution < 1.29 is 14.7 Å². The van der Waals surface area contributed by atoms with Gasteiger partial charge in [0.1, 0.15) is 0 Å². The minimum absolute atomic E-state index is 0.0769. The lowest BCUT2D eigenvalue weighted by molar-refractivity contribution is -0.142. The molecule has 0 radical (unpaired) electrons. The van der Waals surface area contributed by atoms with Crippen molar-refractivity contribution in [3.8, 4) is 0 Å². The van der Waals surface area contributed by atoms with E-state index in [1.165, 1.54) is 10.9 Å². The van der Waals surface area contributed by atoms with Gasteiger partial charge in [-0.2, -0.15) is 5.10 Å². The Labute approximate surface area is 118 Å². The van der Waals surface area contributed by atoms with Crippen LogP contribution in [0.4, 0.5) is 0 Å². The number of carbonyl (C=O) groups excluding carboxylic acids is 1. The summed E-state index contributed by atoms with van der Waals surface area (Å²) in [5, 5.41) is 15.6. The number of aromatic nitrogens is 2. The van der Waals surface area contributed by atoms with E-state index in [0.717, 1.165) is 0 Å². The van der Waals surface area contributed by atoms with Crippen molar-refractivity contribution in [3.63, 3.8) is 0 Å². The van der Waals surface area contributed by atoms with E-state index in [2.05, 4.69) is 10.4 Å². The maximum atomic E-state index is 11.9. The van der Waals surface area contributed by atoms with E-state index in [1.54, 1.807) is 13.2 Å². The van der Waals surface area contributed by atoms with Crippen LogP contribution in [0.2, 0.25) is 0 Å². The smallest absolute Gasteiger partial charge is 0.331 e. The summed E-state index contributed by atoms with van der Waals surface area (Å²) in [5.74, 6) is -1.51. The maximum Gasteiger partial charge on any atom is 0.331 e. The number of nitrogens with two attached hydrogens (primary N) is 1. The zero-order valence-electron chi connectivity index (χ0n) is 12.3. The highest BCUT2D eigenvalue weighted by molar-refractivity contribution is 5.84. The fraction of sp³-hybridized carbons (Fsp3) is 0.615. The van der Waals surface area contributed by atoms with Crippen LogP contribution in [0.25, 0.3) is 0 Å². The first-order valence-corrected chi connectivity index (χ1v) is 6.37. The van der Waals surface area contributed by atoms with E-state index < -0.39 is 12.0 Å². The van der Waals surface area contributed by atoms with Gasteiger partial charge in [-0.3, -0.25) is 9.48 Å². The SMILES string of the molecule is Cn1cc(C(NC(=O)CC(N)C(C)(C)C)C(=O)O)cn1. The zero-order chi connectivity index (χ0) is 15.5. The molecule has 1 amide bonds. The Morgan fingerprint density at radius 1 is 1.50 bits per heavy atom. The third-order valence-electron chi connectivity index (χ3n) is 3.13. The van der Waals surface area contributed by atoms with Crippen molar-refractivity contribution in [3.05, 3.63) is 18.0 Å². The molecule has 0 aliphatic carbocycles. The first kappa shape index (κ1) is 16.2. The van der Waals surface area contributed by atoms with Crippen molar-refractivity contribution in [1.82, 2.24) is 15.1 Å². The summed E-state index contributed by atoms with van der Waals surface area (Å²) < 4.78 is 1.48. The molecule has 7 nitrogen and oxygen atoms in total. The molecule has 0 aliphatic rings. The summed E-state index contributed by atoms with van der Waals surface area (Å²) >= 11 is 0. The molecule has 0 saturated carbocycles. The first-order chi connectivity index (χ1) is 9.11. The second kappa shape index (κ2) is 6.04. The van der Waals surface area contributed by atoms with Gasteiger partial charge in [0, 0.05) is 31.3 Å². The maximum absolute atomic E-state index is 11.9. The van der Waals surface area contributed by atoms with Gasteiger partial charge in [-0.05, 0) is 5.41 Å². The summed E-state index contributed by atoms with van der Waals surface area (Å²) in [6.07, 6.45) is 3.05. The topological polar surface area (TPSA) is 110 Å². The Balaban J connectivity index is 2.72. The van der Waals surface area contributed by atoms with Crippen LogP contribution in [-0.2, 0) is 16.6 Å². The minimum atomic E-state index is -1.13. The molecule has 0 fully saturated rings. The van der Waals surface area contributed by atoms with Gasteiger partial charge in [0.15, 0.2) is 6.04 Å². The summed E-state index contributed by atoms with van der Waals surface area (Å²) in [6, 6.07) is -1.45. The molecule has 20 heavy (non-hydrogen) atoms. The second-order valence-electron chi connectivity index (χ2n) is 5.96. The summed E-state index contributed by atoms with van der Waals surface area (Å²) in [7, 11) is 1.68. The number of carbonyl (C=O) groups is 2. The third kappa shape index (κ3) is 4.34. The van der Waals surface area contributed by atoms with Crippen LogP contribution in [0, 0.1) is 5.41 Å². The monoisotopic (exact) mass is 282 g/mol. The normalized spacial score (nSPS) is 14.7. The van der Waals surface area contributed by atoms with E-state index in [1.807, 2.05) is 20.8 Å². The van der Waals surface area contributed by atoms with Crippen LogP contribution >= 0.6 is 0 Å². The third-order valence-corrected chi connectivity index (χ3v) is 3.13. The van der Waals surface area contributed by atoms with E-state index >= 15 is 0 Å². The summed E-state index contributed by atoms with van der Waals surface area (Å²) in [5.41, 5.74) is 6.13. The molecule has 2 unspecified atom stereocenters. The predicted molar refractivity (Wildman–Crippen MR) is 73.8 cm³/mol. The molecule has 112 valence electrons. The van der Waals surface area contributed by atoms with Gasteiger partial charge in [-0.15, -0.1) is 0 Å². The lowest BCUT2D eigenvalue weighted by Crippen LogP contribution is -2.42. The fourth-order valence-electron chi connectivity index (χ4n) is 1.60. The van der Waals surface area contributed by atoms with Gasteiger partial charge >= 0.3 is 5.97 Å². The highest BCUT2D eigenvalue weighted by Crippen LogP contribution is 2.20. The lowest BCUT2D eigenvalue weighted by Gasteiger charge is -2.26.